The smallest absolute Gasteiger partial charge is 0.161 e. The van der Waals surface area contributed by atoms with Crippen molar-refractivity contribution >= 4 is 6.08 Å². The lowest BCUT2D eigenvalue weighted by atomic mass is 10.1. The van der Waals surface area contributed by atoms with E-state index in [0.717, 1.165) is 29.1 Å². The van der Waals surface area contributed by atoms with Crippen molar-refractivity contribution in [3.63, 3.8) is 0 Å². The summed E-state index contributed by atoms with van der Waals surface area (Å²) >= 11 is 0. The largest absolute Gasteiger partial charge is 0.493 e. The third-order valence-electron chi connectivity index (χ3n) is 2.76. The molecule has 0 radical (unpaired) electrons. The van der Waals surface area contributed by atoms with Crippen LogP contribution in [0.15, 0.2) is 23.8 Å². The van der Waals surface area contributed by atoms with Crippen molar-refractivity contribution in [2.45, 2.75) is 33.2 Å². The number of methoxy groups -OCH3 is 1. The molecule has 0 amide bonds. The Hall–Kier alpha value is -1.48. The van der Waals surface area contributed by atoms with Gasteiger partial charge in [0.25, 0.3) is 0 Å². The Morgan fingerprint density at radius 3 is 2.67 bits per heavy atom. The lowest BCUT2D eigenvalue weighted by molar-refractivity contribution is 0.294. The van der Waals surface area contributed by atoms with Crippen LogP contribution in [0.5, 0.6) is 11.5 Å². The van der Waals surface area contributed by atoms with Gasteiger partial charge in [0, 0.05) is 6.04 Å². The Bertz CT molecular complexity index is 411. The summed E-state index contributed by atoms with van der Waals surface area (Å²) in [6.45, 7) is 6.78. The first-order valence-electron chi connectivity index (χ1n) is 6.33. The van der Waals surface area contributed by atoms with Gasteiger partial charge < -0.3 is 15.2 Å². The minimum Gasteiger partial charge on any atom is -0.493 e. The van der Waals surface area contributed by atoms with Gasteiger partial charge in [0.1, 0.15) is 0 Å². The molecule has 3 nitrogen and oxygen atoms in total. The predicted octanol–water partition coefficient (Wildman–Crippen LogP) is 3.23. The highest BCUT2D eigenvalue weighted by molar-refractivity contribution is 5.58. The van der Waals surface area contributed by atoms with E-state index < -0.39 is 0 Å². The van der Waals surface area contributed by atoms with Crippen molar-refractivity contribution in [2.75, 3.05) is 13.7 Å². The van der Waals surface area contributed by atoms with Gasteiger partial charge in [-0.15, -0.1) is 0 Å². The van der Waals surface area contributed by atoms with Gasteiger partial charge in [-0.25, -0.2) is 0 Å². The van der Waals surface area contributed by atoms with Gasteiger partial charge in [-0.05, 0) is 38.0 Å². The Morgan fingerprint density at radius 2 is 2.11 bits per heavy atom. The lowest BCUT2D eigenvalue weighted by Gasteiger charge is -2.11. The topological polar surface area (TPSA) is 44.5 Å². The van der Waals surface area contributed by atoms with E-state index in [-0.39, 0.29) is 6.04 Å². The highest BCUT2D eigenvalue weighted by Gasteiger charge is 2.05. The van der Waals surface area contributed by atoms with Crippen LogP contribution in [0.2, 0.25) is 0 Å². The van der Waals surface area contributed by atoms with E-state index in [4.69, 9.17) is 15.2 Å². The van der Waals surface area contributed by atoms with E-state index in [1.807, 2.05) is 32.0 Å². The van der Waals surface area contributed by atoms with Crippen molar-refractivity contribution in [3.05, 3.63) is 29.3 Å². The van der Waals surface area contributed by atoms with E-state index in [1.165, 1.54) is 0 Å². The van der Waals surface area contributed by atoms with E-state index in [9.17, 15) is 0 Å². The van der Waals surface area contributed by atoms with E-state index >= 15 is 0 Å². The summed E-state index contributed by atoms with van der Waals surface area (Å²) in [4.78, 5) is 0. The molecule has 100 valence electrons. The van der Waals surface area contributed by atoms with Crippen LogP contribution in [0, 0.1) is 0 Å². The van der Waals surface area contributed by atoms with Gasteiger partial charge >= 0.3 is 0 Å². The molecule has 0 aliphatic carbocycles. The maximum atomic E-state index is 5.83. The highest BCUT2D eigenvalue weighted by atomic mass is 16.5. The number of ether oxygens (including phenoxy) is 2. The van der Waals surface area contributed by atoms with Gasteiger partial charge in [0.2, 0.25) is 0 Å². The molecule has 0 spiro atoms. The van der Waals surface area contributed by atoms with Crippen molar-refractivity contribution in [1.29, 1.82) is 0 Å². The first-order valence-corrected chi connectivity index (χ1v) is 6.33. The molecular formula is C15H23NO2. The van der Waals surface area contributed by atoms with Crippen LogP contribution in [0.3, 0.4) is 0 Å². The molecule has 0 saturated heterocycles. The SMILES string of the molecule is CCCOc1ccc(/C=C(/C)C(C)N)cc1OC. The molecule has 0 heterocycles. The molecule has 0 aromatic heterocycles. The molecular weight excluding hydrogens is 226 g/mol. The first-order chi connectivity index (χ1) is 8.58. The number of hydrogen-bond acceptors (Lipinski definition) is 3. The summed E-state index contributed by atoms with van der Waals surface area (Å²) in [7, 11) is 1.65. The summed E-state index contributed by atoms with van der Waals surface area (Å²) in [5.74, 6) is 1.55. The highest BCUT2D eigenvalue weighted by Crippen LogP contribution is 2.29. The maximum Gasteiger partial charge on any atom is 0.161 e. The van der Waals surface area contributed by atoms with E-state index in [0.29, 0.717) is 6.61 Å². The van der Waals surface area contributed by atoms with Crippen molar-refractivity contribution in [2.24, 2.45) is 5.73 Å². The molecule has 0 bridgehead atoms. The van der Waals surface area contributed by atoms with Crippen molar-refractivity contribution in [1.82, 2.24) is 0 Å². The minimum absolute atomic E-state index is 0.0620. The van der Waals surface area contributed by atoms with Gasteiger partial charge in [0.05, 0.1) is 13.7 Å². The summed E-state index contributed by atoms with van der Waals surface area (Å²) in [6.07, 6.45) is 3.05. The van der Waals surface area contributed by atoms with Crippen LogP contribution in [0.4, 0.5) is 0 Å². The van der Waals surface area contributed by atoms with Crippen LogP contribution in [-0.4, -0.2) is 19.8 Å². The molecule has 1 aromatic carbocycles. The fraction of sp³-hybridized carbons (Fsp3) is 0.467. The Labute approximate surface area is 110 Å². The summed E-state index contributed by atoms with van der Waals surface area (Å²) < 4.78 is 11.0. The minimum atomic E-state index is 0.0620. The van der Waals surface area contributed by atoms with Crippen LogP contribution < -0.4 is 15.2 Å². The van der Waals surface area contributed by atoms with Gasteiger partial charge in [0.15, 0.2) is 11.5 Å². The van der Waals surface area contributed by atoms with Crippen LogP contribution >= 0.6 is 0 Å². The molecule has 1 aromatic rings. The second-order valence-corrected chi connectivity index (χ2v) is 4.44. The summed E-state index contributed by atoms with van der Waals surface area (Å²) in [5, 5.41) is 0. The van der Waals surface area contributed by atoms with Crippen molar-refractivity contribution in [3.8, 4) is 11.5 Å². The molecule has 3 heteroatoms. The van der Waals surface area contributed by atoms with E-state index in [1.54, 1.807) is 7.11 Å². The molecule has 1 unspecified atom stereocenters. The van der Waals surface area contributed by atoms with Crippen LogP contribution in [0.25, 0.3) is 6.08 Å². The Kier molecular flexibility index (Phi) is 5.72. The summed E-state index contributed by atoms with van der Waals surface area (Å²) in [6, 6.07) is 5.98. The number of nitrogens with two attached hydrogens (primary N) is 1. The Morgan fingerprint density at radius 1 is 1.39 bits per heavy atom. The molecule has 1 rings (SSSR count). The average molecular weight is 249 g/mol. The number of benzene rings is 1. The zero-order valence-electron chi connectivity index (χ0n) is 11.7. The second-order valence-electron chi connectivity index (χ2n) is 4.44. The predicted molar refractivity (Wildman–Crippen MR) is 76.1 cm³/mol. The number of hydrogen-bond donors (Lipinski definition) is 1. The normalized spacial score (nSPS) is 13.3. The molecule has 2 N–H and O–H groups in total. The third kappa shape index (κ3) is 4.08. The quantitative estimate of drug-likeness (QED) is 0.841. The zero-order valence-corrected chi connectivity index (χ0v) is 11.7. The van der Waals surface area contributed by atoms with Gasteiger partial charge in [-0.3, -0.25) is 0 Å². The molecule has 18 heavy (non-hydrogen) atoms. The molecule has 1 atom stereocenters. The average Bonchev–Trinajstić information content (AvgIpc) is 2.36. The zero-order chi connectivity index (χ0) is 13.5. The molecule has 0 fully saturated rings. The maximum absolute atomic E-state index is 5.83. The standard InChI is InChI=1S/C15H23NO2/c1-5-8-18-14-7-6-13(10-15(14)17-4)9-11(2)12(3)16/h6-7,9-10,12H,5,8,16H2,1-4H3/b11-9-. The first kappa shape index (κ1) is 14.6. The molecule has 0 saturated carbocycles. The van der Waals surface area contributed by atoms with Gasteiger partial charge in [-0.2, -0.15) is 0 Å². The monoisotopic (exact) mass is 249 g/mol. The van der Waals surface area contributed by atoms with E-state index in [2.05, 4.69) is 13.0 Å². The lowest BCUT2D eigenvalue weighted by Crippen LogP contribution is -2.15. The summed E-state index contributed by atoms with van der Waals surface area (Å²) in [5.41, 5.74) is 8.04. The molecule has 0 aliphatic rings. The molecule has 0 aliphatic heterocycles. The Balaban J connectivity index is 2.94. The fourth-order valence-corrected chi connectivity index (χ4v) is 1.50. The third-order valence-corrected chi connectivity index (χ3v) is 2.76. The second kappa shape index (κ2) is 7.07. The van der Waals surface area contributed by atoms with Crippen LogP contribution in [-0.2, 0) is 0 Å². The van der Waals surface area contributed by atoms with Crippen molar-refractivity contribution < 1.29 is 9.47 Å². The fourth-order valence-electron chi connectivity index (χ4n) is 1.50. The van der Waals surface area contributed by atoms with Crippen LogP contribution in [0.1, 0.15) is 32.8 Å². The van der Waals surface area contributed by atoms with Gasteiger partial charge in [-0.1, -0.05) is 24.6 Å². The number of rotatable bonds is 6.